The van der Waals surface area contributed by atoms with Gasteiger partial charge < -0.3 is 18.8 Å². The molecule has 0 N–H and O–H groups in total. The first-order valence-electron chi connectivity index (χ1n) is 11.4. The summed E-state index contributed by atoms with van der Waals surface area (Å²) in [6.07, 6.45) is 2.73. The minimum Gasteiger partial charge on any atom is -0.494 e. The zero-order valence-corrected chi connectivity index (χ0v) is 19.9. The molecule has 172 valence electrons. The van der Waals surface area contributed by atoms with Gasteiger partial charge in [0.15, 0.2) is 11.5 Å². The lowest BCUT2D eigenvalue weighted by Gasteiger charge is -2.12. The number of ether oxygens (including phenoxy) is 3. The molecule has 0 aliphatic rings. The van der Waals surface area contributed by atoms with E-state index in [1.165, 1.54) is 16.6 Å². The van der Waals surface area contributed by atoms with Crippen LogP contribution >= 0.6 is 0 Å². The smallest absolute Gasteiger partial charge is 0.161 e. The monoisotopic (exact) mass is 444 g/mol. The van der Waals surface area contributed by atoms with Crippen LogP contribution in [0, 0.1) is 13.8 Å². The van der Waals surface area contributed by atoms with Crippen LogP contribution in [-0.2, 0) is 13.0 Å². The number of benzene rings is 3. The Morgan fingerprint density at radius 1 is 0.818 bits per heavy atom. The van der Waals surface area contributed by atoms with Gasteiger partial charge in [-0.2, -0.15) is 0 Å². The summed E-state index contributed by atoms with van der Waals surface area (Å²) in [5.41, 5.74) is 5.89. The second-order valence-electron chi connectivity index (χ2n) is 8.34. The van der Waals surface area contributed by atoms with E-state index in [4.69, 9.17) is 19.2 Å². The Hall–Kier alpha value is -3.47. The van der Waals surface area contributed by atoms with Gasteiger partial charge in [-0.05, 0) is 79.8 Å². The highest BCUT2D eigenvalue weighted by atomic mass is 16.5. The average Bonchev–Trinajstić information content (AvgIpc) is 3.18. The predicted molar refractivity (Wildman–Crippen MR) is 133 cm³/mol. The number of methoxy groups -OCH3 is 2. The van der Waals surface area contributed by atoms with Crippen LogP contribution in [0.3, 0.4) is 0 Å². The van der Waals surface area contributed by atoms with Crippen molar-refractivity contribution in [3.8, 4) is 17.2 Å². The number of unbranched alkanes of at least 4 members (excludes halogenated alkanes) is 1. The number of aromatic nitrogens is 2. The Balaban J connectivity index is 1.44. The zero-order chi connectivity index (χ0) is 23.2. The third-order valence-corrected chi connectivity index (χ3v) is 6.07. The Bertz CT molecular complexity index is 1230. The highest BCUT2D eigenvalue weighted by Gasteiger charge is 2.13. The third-order valence-electron chi connectivity index (χ3n) is 6.07. The van der Waals surface area contributed by atoms with Crippen molar-refractivity contribution in [3.63, 3.8) is 0 Å². The Labute approximate surface area is 195 Å². The van der Waals surface area contributed by atoms with Gasteiger partial charge in [0.2, 0.25) is 0 Å². The van der Waals surface area contributed by atoms with Gasteiger partial charge in [0.1, 0.15) is 11.6 Å². The van der Waals surface area contributed by atoms with E-state index in [0.717, 1.165) is 60.0 Å². The number of fused-ring (bicyclic) bond motifs is 1. The first-order chi connectivity index (χ1) is 16.1. The van der Waals surface area contributed by atoms with Crippen LogP contribution in [0.5, 0.6) is 17.2 Å². The maximum atomic E-state index is 5.97. The van der Waals surface area contributed by atoms with E-state index < -0.39 is 0 Å². The second-order valence-corrected chi connectivity index (χ2v) is 8.34. The van der Waals surface area contributed by atoms with Crippen molar-refractivity contribution < 1.29 is 14.2 Å². The number of hydrogen-bond donors (Lipinski definition) is 0. The van der Waals surface area contributed by atoms with Crippen LogP contribution < -0.4 is 14.2 Å². The van der Waals surface area contributed by atoms with E-state index in [-0.39, 0.29) is 0 Å². The van der Waals surface area contributed by atoms with Crippen molar-refractivity contribution in [2.24, 2.45) is 0 Å². The zero-order valence-electron chi connectivity index (χ0n) is 19.9. The molecule has 0 amide bonds. The molecule has 1 aromatic heterocycles. The van der Waals surface area contributed by atoms with Gasteiger partial charge in [0.25, 0.3) is 0 Å². The van der Waals surface area contributed by atoms with Crippen molar-refractivity contribution in [2.75, 3.05) is 20.8 Å². The number of hydrogen-bond acceptors (Lipinski definition) is 4. The standard InChI is InChI=1S/C28H32N2O3/c1-20-11-13-23(17-21(20)2)33-16-8-7-15-30-25-10-6-5-9-24(25)29-28(30)19-22-12-14-26(31-3)27(18-22)32-4/h5-6,9-14,17-18H,7-8,15-16,19H2,1-4H3. The van der Waals surface area contributed by atoms with E-state index >= 15 is 0 Å². The quantitative estimate of drug-likeness (QED) is 0.276. The SMILES string of the molecule is COc1ccc(Cc2nc3ccccc3n2CCCCOc2ccc(C)c(C)c2)cc1OC. The molecular formula is C28H32N2O3. The van der Waals surface area contributed by atoms with Gasteiger partial charge in [0.05, 0.1) is 31.9 Å². The van der Waals surface area contributed by atoms with E-state index in [1.54, 1.807) is 14.2 Å². The summed E-state index contributed by atoms with van der Waals surface area (Å²) in [6.45, 7) is 5.85. The lowest BCUT2D eigenvalue weighted by atomic mass is 10.1. The summed E-state index contributed by atoms with van der Waals surface area (Å²) >= 11 is 0. The van der Waals surface area contributed by atoms with E-state index in [1.807, 2.05) is 24.3 Å². The molecule has 0 radical (unpaired) electrons. The molecule has 0 unspecified atom stereocenters. The normalized spacial score (nSPS) is 11.0. The molecule has 0 bridgehead atoms. The molecule has 0 atom stereocenters. The van der Waals surface area contributed by atoms with Gasteiger partial charge in [-0.1, -0.05) is 24.3 Å². The minimum atomic E-state index is 0.708. The average molecular weight is 445 g/mol. The maximum Gasteiger partial charge on any atom is 0.161 e. The van der Waals surface area contributed by atoms with Crippen molar-refractivity contribution in [3.05, 3.63) is 83.2 Å². The minimum absolute atomic E-state index is 0.708. The van der Waals surface area contributed by atoms with E-state index in [9.17, 15) is 0 Å². The maximum absolute atomic E-state index is 5.97. The van der Waals surface area contributed by atoms with E-state index in [0.29, 0.717) is 6.61 Å². The summed E-state index contributed by atoms with van der Waals surface area (Å²) in [4.78, 5) is 4.93. The molecule has 0 aliphatic carbocycles. The molecule has 5 nitrogen and oxygen atoms in total. The number of rotatable bonds is 10. The first-order valence-corrected chi connectivity index (χ1v) is 11.4. The summed E-state index contributed by atoms with van der Waals surface area (Å²) in [5.74, 6) is 3.47. The van der Waals surface area contributed by atoms with Gasteiger partial charge in [-0.15, -0.1) is 0 Å². The Morgan fingerprint density at radius 3 is 2.42 bits per heavy atom. The van der Waals surface area contributed by atoms with Crippen molar-refractivity contribution in [1.29, 1.82) is 0 Å². The van der Waals surface area contributed by atoms with Crippen LogP contribution in [0.15, 0.2) is 60.7 Å². The number of imidazole rings is 1. The summed E-state index contributed by atoms with van der Waals surface area (Å²) in [7, 11) is 3.32. The largest absolute Gasteiger partial charge is 0.494 e. The lowest BCUT2D eigenvalue weighted by Crippen LogP contribution is -2.07. The summed E-state index contributed by atoms with van der Waals surface area (Å²) in [6, 6.07) is 20.7. The van der Waals surface area contributed by atoms with E-state index in [2.05, 4.69) is 54.8 Å². The molecule has 0 saturated carbocycles. The summed E-state index contributed by atoms with van der Waals surface area (Å²) in [5, 5.41) is 0. The molecule has 4 rings (SSSR count). The molecule has 1 heterocycles. The number of para-hydroxylation sites is 2. The highest BCUT2D eigenvalue weighted by Crippen LogP contribution is 2.29. The third kappa shape index (κ3) is 5.30. The van der Waals surface area contributed by atoms with Crippen LogP contribution in [0.2, 0.25) is 0 Å². The number of aryl methyl sites for hydroxylation is 3. The fourth-order valence-electron chi connectivity index (χ4n) is 4.05. The van der Waals surface area contributed by atoms with Crippen LogP contribution in [0.25, 0.3) is 11.0 Å². The lowest BCUT2D eigenvalue weighted by molar-refractivity contribution is 0.303. The Morgan fingerprint density at radius 2 is 1.64 bits per heavy atom. The van der Waals surface area contributed by atoms with Gasteiger partial charge >= 0.3 is 0 Å². The van der Waals surface area contributed by atoms with Crippen LogP contribution in [-0.4, -0.2) is 30.4 Å². The molecular weight excluding hydrogens is 412 g/mol. The Kier molecular flexibility index (Phi) is 7.18. The fraction of sp³-hybridized carbons (Fsp3) is 0.321. The van der Waals surface area contributed by atoms with Crippen molar-refractivity contribution in [2.45, 2.75) is 39.7 Å². The van der Waals surface area contributed by atoms with Gasteiger partial charge in [-0.25, -0.2) is 4.98 Å². The molecule has 0 aliphatic heterocycles. The second kappa shape index (κ2) is 10.4. The van der Waals surface area contributed by atoms with Gasteiger partial charge in [0, 0.05) is 13.0 Å². The van der Waals surface area contributed by atoms with Crippen molar-refractivity contribution in [1.82, 2.24) is 9.55 Å². The molecule has 0 fully saturated rings. The van der Waals surface area contributed by atoms with Crippen LogP contribution in [0.4, 0.5) is 0 Å². The first kappa shape index (κ1) is 22.7. The summed E-state index contributed by atoms with van der Waals surface area (Å²) < 4.78 is 19.2. The number of nitrogens with zero attached hydrogens (tertiary/aromatic N) is 2. The van der Waals surface area contributed by atoms with Crippen molar-refractivity contribution >= 4 is 11.0 Å². The molecule has 0 saturated heterocycles. The predicted octanol–water partition coefficient (Wildman–Crippen LogP) is 6.12. The topological polar surface area (TPSA) is 45.5 Å². The van der Waals surface area contributed by atoms with Gasteiger partial charge in [-0.3, -0.25) is 0 Å². The van der Waals surface area contributed by atoms with Crippen LogP contribution in [0.1, 0.15) is 35.4 Å². The molecule has 3 aromatic carbocycles. The molecule has 4 aromatic rings. The molecule has 33 heavy (non-hydrogen) atoms. The molecule has 0 spiro atoms. The highest BCUT2D eigenvalue weighted by molar-refractivity contribution is 5.76. The fourth-order valence-corrected chi connectivity index (χ4v) is 4.05. The molecule has 5 heteroatoms.